The van der Waals surface area contributed by atoms with E-state index in [0.717, 1.165) is 8.85 Å². The first-order valence-electron chi connectivity index (χ1n) is 10.5. The van der Waals surface area contributed by atoms with Crippen LogP contribution >= 0.6 is 0 Å². The molecule has 0 bridgehead atoms. The lowest BCUT2D eigenvalue weighted by atomic mass is 9.87. The van der Waals surface area contributed by atoms with Gasteiger partial charge in [0.15, 0.2) is 0 Å². The summed E-state index contributed by atoms with van der Waals surface area (Å²) in [4.78, 5) is 0. The third-order valence-corrected chi connectivity index (χ3v) is 8.48. The van der Waals surface area contributed by atoms with Gasteiger partial charge in [-0.15, -0.1) is 0 Å². The zero-order chi connectivity index (χ0) is 43.4. The molecule has 0 aromatic rings. The topological polar surface area (TPSA) is 18.5 Å². The van der Waals surface area contributed by atoms with Crippen LogP contribution in [0.5, 0.6) is 0 Å². The van der Waals surface area contributed by atoms with Crippen LogP contribution in [0.4, 0.5) is 149 Å². The third kappa shape index (κ3) is 6.50. The van der Waals surface area contributed by atoms with Crippen molar-refractivity contribution in [3.8, 4) is 0 Å². The van der Waals surface area contributed by atoms with E-state index in [0.29, 0.717) is 0 Å². The van der Waals surface area contributed by atoms with Gasteiger partial charge in [-0.2, -0.15) is 149 Å². The highest BCUT2D eigenvalue weighted by atomic mass is 28.4. The molecule has 0 fully saturated rings. The maximum absolute atomic E-state index is 14.5. The molecule has 0 spiro atoms. The van der Waals surface area contributed by atoms with E-state index in [1.54, 1.807) is 0 Å². The number of hydrogen-bond donors (Lipinski definition) is 0. The maximum atomic E-state index is 14.5. The van der Waals surface area contributed by atoms with Gasteiger partial charge in [-0.3, -0.25) is 0 Å². The first kappa shape index (κ1) is 49.8. The van der Waals surface area contributed by atoms with Gasteiger partial charge in [0, 0.05) is 0 Å². The molecule has 314 valence electrons. The van der Waals surface area contributed by atoms with Crippen molar-refractivity contribution in [1.29, 1.82) is 0 Å². The van der Waals surface area contributed by atoms with Gasteiger partial charge >= 0.3 is 98.0 Å². The molecule has 2 nitrogen and oxygen atoms in total. The SMILES string of the molecule is FC(F)(F)C(F)(F)O[Si](OC(F)(F)C(F)(F)F)(C(F)(F)F)C(F)(F)C(F)(F)C(F)(F)C(F)(F)C(F)(F)C(F)(F)C(F)(F)C(F)(F)C(F)(F)C(F)(F)F. The van der Waals surface area contributed by atoms with E-state index in [1.165, 1.54) is 0 Å². The van der Waals surface area contributed by atoms with Gasteiger partial charge in [-0.25, -0.2) is 0 Å². The van der Waals surface area contributed by atoms with Gasteiger partial charge in [0.1, 0.15) is 0 Å². The van der Waals surface area contributed by atoms with Crippen molar-refractivity contribution in [3.05, 3.63) is 0 Å². The van der Waals surface area contributed by atoms with Crippen molar-refractivity contribution in [1.82, 2.24) is 0 Å². The Bertz CT molecular complexity index is 1250. The lowest BCUT2D eigenvalue weighted by Gasteiger charge is -2.47. The fourth-order valence-electron chi connectivity index (χ4n) is 2.68. The van der Waals surface area contributed by atoms with E-state index >= 15 is 0 Å². The minimum absolute atomic E-state index is 0.866. The molecule has 0 aliphatic heterocycles. The summed E-state index contributed by atoms with van der Waals surface area (Å²) in [6.07, 6.45) is -42.6. The molecule has 0 atom stereocenters. The molecule has 37 heteroatoms. The number of rotatable bonds is 13. The Morgan fingerprint density at radius 2 is 0.423 bits per heavy atom. The fraction of sp³-hybridized carbons (Fsp3) is 1.00. The Morgan fingerprint density at radius 1 is 0.231 bits per heavy atom. The normalized spacial score (nSPS) is 17.2. The summed E-state index contributed by atoms with van der Waals surface area (Å²) in [5.41, 5.74) is -10.2. The Hall–Kier alpha value is -2.24. The molecule has 0 aliphatic carbocycles. The minimum atomic E-state index is -12.0. The summed E-state index contributed by atoms with van der Waals surface area (Å²) in [6.45, 7) is 0. The molecule has 0 saturated heterocycles. The summed E-state index contributed by atoms with van der Waals surface area (Å²) in [6, 6.07) is 0. The van der Waals surface area contributed by atoms with Crippen molar-refractivity contribution < 1.29 is 158 Å². The highest BCUT2D eigenvalue weighted by Gasteiger charge is 3.01. The third-order valence-electron chi connectivity index (χ3n) is 5.50. The molecule has 0 saturated carbocycles. The van der Waals surface area contributed by atoms with Gasteiger partial charge in [-0.05, 0) is 0 Å². The number of hydrogen-bond acceptors (Lipinski definition) is 2. The lowest BCUT2D eigenvalue weighted by molar-refractivity contribution is -0.474. The van der Waals surface area contributed by atoms with Crippen LogP contribution in [-0.2, 0) is 8.85 Å². The molecule has 0 radical (unpaired) electrons. The summed E-state index contributed by atoms with van der Waals surface area (Å²) in [5, 5.41) is 0. The molecule has 0 amide bonds. The predicted octanol–water partition coefficient (Wildman–Crippen LogP) is 10.7. The quantitative estimate of drug-likeness (QED) is 0.136. The molecule has 0 N–H and O–H groups in total. The highest BCUT2D eigenvalue weighted by molar-refractivity contribution is 6.72. The van der Waals surface area contributed by atoms with Crippen LogP contribution in [0.3, 0.4) is 0 Å². The molecule has 0 heterocycles. The van der Waals surface area contributed by atoms with Crippen molar-refractivity contribution >= 4 is 8.56 Å². The Kier molecular flexibility index (Phi) is 11.6. The summed E-state index contributed by atoms with van der Waals surface area (Å²) < 4.78 is 452. The van der Waals surface area contributed by atoms with Crippen LogP contribution in [0.25, 0.3) is 0 Å². The minimum Gasteiger partial charge on any atom is -0.318 e. The van der Waals surface area contributed by atoms with Crippen LogP contribution in [-0.4, -0.2) is 98.0 Å². The van der Waals surface area contributed by atoms with Crippen molar-refractivity contribution in [2.24, 2.45) is 0 Å². The van der Waals surface area contributed by atoms with Gasteiger partial charge in [0.2, 0.25) is 0 Å². The largest absolute Gasteiger partial charge is 0.547 e. The Labute approximate surface area is 257 Å². The van der Waals surface area contributed by atoms with Crippen molar-refractivity contribution in [3.63, 3.8) is 0 Å². The zero-order valence-electron chi connectivity index (χ0n) is 21.7. The maximum Gasteiger partial charge on any atom is 0.547 e. The van der Waals surface area contributed by atoms with Crippen LogP contribution in [0.2, 0.25) is 0 Å². The molecule has 52 heavy (non-hydrogen) atoms. The second-order valence-corrected chi connectivity index (χ2v) is 11.9. The summed E-state index contributed by atoms with van der Waals surface area (Å²) in [7, 11) is -12.0. The molecular weight excluding hydrogens is 886 g/mol. The monoisotopic (exact) mass is 886 g/mol. The molecule has 0 aromatic carbocycles. The Morgan fingerprint density at radius 3 is 0.596 bits per heavy atom. The van der Waals surface area contributed by atoms with Gasteiger partial charge in [0.25, 0.3) is 0 Å². The highest BCUT2D eigenvalue weighted by Crippen LogP contribution is 2.68. The number of alkyl halides is 34. The van der Waals surface area contributed by atoms with Crippen molar-refractivity contribution in [2.75, 3.05) is 0 Å². The van der Waals surface area contributed by atoms with E-state index in [-0.39, 0.29) is 0 Å². The van der Waals surface area contributed by atoms with Crippen LogP contribution in [0.15, 0.2) is 0 Å². The van der Waals surface area contributed by atoms with E-state index < -0.39 is 98.0 Å². The summed E-state index contributed by atoms with van der Waals surface area (Å²) in [5.74, 6) is -88.6. The van der Waals surface area contributed by atoms with E-state index in [4.69, 9.17) is 0 Å². The predicted molar refractivity (Wildman–Crippen MR) is 86.6 cm³/mol. The van der Waals surface area contributed by atoms with E-state index in [9.17, 15) is 149 Å². The molecule has 0 aliphatic rings. The van der Waals surface area contributed by atoms with Crippen LogP contribution in [0, 0.1) is 0 Å². The van der Waals surface area contributed by atoms with Gasteiger partial charge in [0.05, 0.1) is 0 Å². The molecule has 0 rings (SSSR count). The Balaban J connectivity index is 8.29. The fourth-order valence-corrected chi connectivity index (χ4v) is 5.09. The standard InChI is InChI=1S/C15F34O2Si/c16-1(17,3(20,21)5(24,25)7(28,29)9(32,33)34)2(18,19)4(22,23)6(26,27)8(30,31)14(45,46)52(15(47,48)49,50-12(41,42)10(35,36)37)51-13(43,44)11(38,39)40. The average molecular weight is 886 g/mol. The molecular formula is C15F34O2Si. The average Bonchev–Trinajstić information content (AvgIpc) is 2.84. The van der Waals surface area contributed by atoms with Crippen molar-refractivity contribution in [2.45, 2.75) is 89.5 Å². The lowest BCUT2D eigenvalue weighted by Crippen LogP contribution is -2.83. The zero-order valence-corrected chi connectivity index (χ0v) is 22.7. The number of halogens is 34. The molecule has 0 aromatic heterocycles. The van der Waals surface area contributed by atoms with Gasteiger partial charge < -0.3 is 8.85 Å². The molecule has 0 unspecified atom stereocenters. The van der Waals surface area contributed by atoms with Crippen LogP contribution in [0.1, 0.15) is 0 Å². The van der Waals surface area contributed by atoms with Gasteiger partial charge in [-0.1, -0.05) is 0 Å². The smallest absolute Gasteiger partial charge is 0.318 e. The van der Waals surface area contributed by atoms with Crippen LogP contribution < -0.4 is 0 Å². The second kappa shape index (κ2) is 12.1. The van der Waals surface area contributed by atoms with E-state index in [1.807, 2.05) is 0 Å². The summed E-state index contributed by atoms with van der Waals surface area (Å²) >= 11 is 0. The first-order valence-corrected chi connectivity index (χ1v) is 12.3. The van der Waals surface area contributed by atoms with E-state index in [2.05, 4.69) is 0 Å². The first-order chi connectivity index (χ1) is 21.7. The second-order valence-electron chi connectivity index (χ2n) is 9.01.